The molecule has 0 aromatic heterocycles. The topological polar surface area (TPSA) is 68.2 Å². The fraction of sp³-hybridized carbons (Fsp3) is 0.600. The van der Waals surface area contributed by atoms with Gasteiger partial charge in [0.1, 0.15) is 0 Å². The average molecular weight is 276 g/mol. The molecule has 0 atom stereocenters. The third-order valence-corrected chi connectivity index (χ3v) is 3.25. The lowest BCUT2D eigenvalue weighted by Crippen LogP contribution is -2.48. The lowest BCUT2D eigenvalue weighted by Gasteiger charge is -2.27. The van der Waals surface area contributed by atoms with Crippen molar-refractivity contribution < 1.29 is 4.79 Å². The van der Waals surface area contributed by atoms with E-state index in [1.807, 2.05) is 37.8 Å². The van der Waals surface area contributed by atoms with E-state index >= 15 is 0 Å². The second-order valence-corrected chi connectivity index (χ2v) is 5.22. The first-order chi connectivity index (χ1) is 9.54. The average Bonchev–Trinajstić information content (AvgIpc) is 2.46. The number of hydrogen-bond donors (Lipinski definition) is 2. The second-order valence-electron chi connectivity index (χ2n) is 5.22. The Bertz CT molecular complexity index is 426. The molecule has 0 radical (unpaired) electrons. The van der Waals surface area contributed by atoms with Crippen LogP contribution in [0.15, 0.2) is 23.4 Å². The van der Waals surface area contributed by atoms with Gasteiger partial charge in [-0.2, -0.15) is 5.26 Å². The van der Waals surface area contributed by atoms with Crippen molar-refractivity contribution in [3.8, 4) is 6.07 Å². The molecule has 0 saturated carbocycles. The van der Waals surface area contributed by atoms with Crippen LogP contribution < -0.4 is 10.6 Å². The molecule has 5 heteroatoms. The quantitative estimate of drug-likeness (QED) is 0.581. The Balaban J connectivity index is 2.44. The number of allylic oxidation sites excluding steroid dienone is 4. The largest absolute Gasteiger partial charge is 0.380 e. The highest BCUT2D eigenvalue weighted by Crippen LogP contribution is 2.08. The fourth-order valence-corrected chi connectivity index (χ4v) is 1.87. The summed E-state index contributed by atoms with van der Waals surface area (Å²) in [7, 11) is 0. The van der Waals surface area contributed by atoms with Crippen LogP contribution >= 0.6 is 0 Å². The van der Waals surface area contributed by atoms with Crippen LogP contribution in [0.5, 0.6) is 0 Å². The molecule has 1 amide bonds. The zero-order valence-corrected chi connectivity index (χ0v) is 12.6. The zero-order valence-electron chi connectivity index (χ0n) is 12.6. The Labute approximate surface area is 121 Å². The first-order valence-electron chi connectivity index (χ1n) is 7.05. The van der Waals surface area contributed by atoms with Gasteiger partial charge >= 0.3 is 0 Å². The third-order valence-electron chi connectivity index (χ3n) is 3.25. The predicted octanol–water partition coefficient (Wildman–Crippen LogP) is 1.02. The smallest absolute Gasteiger partial charge is 0.241 e. The normalized spacial score (nSPS) is 17.1. The van der Waals surface area contributed by atoms with Gasteiger partial charge in [-0.15, -0.1) is 0 Å². The highest BCUT2D eigenvalue weighted by atomic mass is 16.2. The Morgan fingerprint density at radius 2 is 2.05 bits per heavy atom. The number of nitriles is 1. The van der Waals surface area contributed by atoms with Gasteiger partial charge in [-0.3, -0.25) is 4.79 Å². The molecule has 1 aliphatic rings. The van der Waals surface area contributed by atoms with E-state index in [4.69, 9.17) is 5.26 Å². The van der Waals surface area contributed by atoms with Gasteiger partial charge in [-0.1, -0.05) is 13.8 Å². The SMILES string of the molecule is C/C(=C\C=C(/C#N)C(C)C)NCC(=O)N1CCNCC1. The summed E-state index contributed by atoms with van der Waals surface area (Å²) in [4.78, 5) is 13.8. The fourth-order valence-electron chi connectivity index (χ4n) is 1.87. The maximum absolute atomic E-state index is 11.9. The van der Waals surface area contributed by atoms with Gasteiger partial charge in [0.25, 0.3) is 0 Å². The minimum absolute atomic E-state index is 0.118. The van der Waals surface area contributed by atoms with Crippen molar-refractivity contribution in [2.45, 2.75) is 20.8 Å². The van der Waals surface area contributed by atoms with Gasteiger partial charge < -0.3 is 15.5 Å². The van der Waals surface area contributed by atoms with Crippen LogP contribution in [0.3, 0.4) is 0 Å². The van der Waals surface area contributed by atoms with Gasteiger partial charge in [0.2, 0.25) is 5.91 Å². The summed E-state index contributed by atoms with van der Waals surface area (Å²) in [6.45, 7) is 9.45. The molecule has 110 valence electrons. The van der Waals surface area contributed by atoms with Crippen LogP contribution in [-0.4, -0.2) is 43.5 Å². The second kappa shape index (κ2) is 8.39. The van der Waals surface area contributed by atoms with Crippen molar-refractivity contribution in [1.82, 2.24) is 15.5 Å². The first kappa shape index (κ1) is 16.3. The summed E-state index contributed by atoms with van der Waals surface area (Å²) >= 11 is 0. The number of amides is 1. The van der Waals surface area contributed by atoms with Crippen molar-refractivity contribution in [2.75, 3.05) is 32.7 Å². The number of hydrogen-bond acceptors (Lipinski definition) is 4. The van der Waals surface area contributed by atoms with E-state index < -0.39 is 0 Å². The lowest BCUT2D eigenvalue weighted by atomic mass is 10.0. The van der Waals surface area contributed by atoms with Crippen molar-refractivity contribution in [2.24, 2.45) is 5.92 Å². The Kier molecular flexibility index (Phi) is 6.82. The van der Waals surface area contributed by atoms with E-state index in [0.29, 0.717) is 6.54 Å². The van der Waals surface area contributed by atoms with E-state index in [1.165, 1.54) is 0 Å². The van der Waals surface area contributed by atoms with Crippen LogP contribution in [-0.2, 0) is 4.79 Å². The molecule has 0 aliphatic carbocycles. The summed E-state index contributed by atoms with van der Waals surface area (Å²) in [5.41, 5.74) is 1.63. The molecule has 0 aromatic rings. The van der Waals surface area contributed by atoms with E-state index in [2.05, 4.69) is 16.7 Å². The van der Waals surface area contributed by atoms with Gasteiger partial charge in [0.05, 0.1) is 12.6 Å². The number of piperazine rings is 1. The zero-order chi connectivity index (χ0) is 15.0. The minimum atomic E-state index is 0.118. The number of nitrogens with zero attached hydrogens (tertiary/aromatic N) is 2. The van der Waals surface area contributed by atoms with E-state index in [0.717, 1.165) is 37.4 Å². The van der Waals surface area contributed by atoms with Crippen LogP contribution in [0.4, 0.5) is 0 Å². The van der Waals surface area contributed by atoms with Crippen LogP contribution in [0, 0.1) is 17.2 Å². The third kappa shape index (κ3) is 5.45. The van der Waals surface area contributed by atoms with Crippen LogP contribution in [0.1, 0.15) is 20.8 Å². The molecule has 1 fully saturated rings. The summed E-state index contributed by atoms with van der Waals surface area (Å²) in [5, 5.41) is 15.3. The molecule has 1 saturated heterocycles. The van der Waals surface area contributed by atoms with Gasteiger partial charge in [-0.05, 0) is 25.0 Å². The summed E-state index contributed by atoms with van der Waals surface area (Å²) in [5.74, 6) is 0.333. The van der Waals surface area contributed by atoms with Gasteiger partial charge in [0.15, 0.2) is 0 Å². The van der Waals surface area contributed by atoms with Gasteiger partial charge in [-0.25, -0.2) is 0 Å². The molecule has 0 aromatic carbocycles. The molecular formula is C15H24N4O. The van der Waals surface area contributed by atoms with Crippen molar-refractivity contribution >= 4 is 5.91 Å². The number of carbonyl (C=O) groups excluding carboxylic acids is 1. The van der Waals surface area contributed by atoms with Crippen molar-refractivity contribution in [3.05, 3.63) is 23.4 Å². The molecule has 2 N–H and O–H groups in total. The summed E-state index contributed by atoms with van der Waals surface area (Å²) < 4.78 is 0. The number of nitrogens with one attached hydrogen (secondary N) is 2. The van der Waals surface area contributed by atoms with Crippen LogP contribution in [0.2, 0.25) is 0 Å². The molecule has 0 unspecified atom stereocenters. The molecule has 1 aliphatic heterocycles. The molecule has 0 bridgehead atoms. The molecule has 20 heavy (non-hydrogen) atoms. The monoisotopic (exact) mass is 276 g/mol. The highest BCUT2D eigenvalue weighted by molar-refractivity contribution is 5.78. The Morgan fingerprint density at radius 3 is 2.60 bits per heavy atom. The predicted molar refractivity (Wildman–Crippen MR) is 79.7 cm³/mol. The molecule has 1 rings (SSSR count). The Hall–Kier alpha value is -1.80. The standard InChI is InChI=1S/C15H24N4O/c1-12(2)14(10-16)5-4-13(3)18-11-15(20)19-8-6-17-7-9-19/h4-5,12,17-18H,6-9,11H2,1-3H3/b13-4+,14-5+. The lowest BCUT2D eigenvalue weighted by molar-refractivity contribution is -0.130. The van der Waals surface area contributed by atoms with E-state index in [1.54, 1.807) is 0 Å². The maximum atomic E-state index is 11.9. The number of rotatable bonds is 5. The molecule has 5 nitrogen and oxygen atoms in total. The minimum Gasteiger partial charge on any atom is -0.380 e. The van der Waals surface area contributed by atoms with E-state index in [-0.39, 0.29) is 11.8 Å². The maximum Gasteiger partial charge on any atom is 0.241 e. The van der Waals surface area contributed by atoms with Crippen LogP contribution in [0.25, 0.3) is 0 Å². The molecule has 0 spiro atoms. The summed E-state index contributed by atoms with van der Waals surface area (Å²) in [6.07, 6.45) is 3.66. The molecular weight excluding hydrogens is 252 g/mol. The van der Waals surface area contributed by atoms with E-state index in [9.17, 15) is 4.79 Å². The van der Waals surface area contributed by atoms with Crippen molar-refractivity contribution in [1.29, 1.82) is 5.26 Å². The number of carbonyl (C=O) groups is 1. The summed E-state index contributed by atoms with van der Waals surface area (Å²) in [6, 6.07) is 2.18. The Morgan fingerprint density at radius 1 is 1.40 bits per heavy atom. The van der Waals surface area contributed by atoms with Crippen molar-refractivity contribution in [3.63, 3.8) is 0 Å². The highest BCUT2D eigenvalue weighted by Gasteiger charge is 2.15. The van der Waals surface area contributed by atoms with Gasteiger partial charge in [0, 0.05) is 37.4 Å². The first-order valence-corrected chi connectivity index (χ1v) is 7.05. The molecule has 1 heterocycles.